The summed E-state index contributed by atoms with van der Waals surface area (Å²) in [4.78, 5) is 21.7. The molecule has 4 N–H and O–H groups in total. The molecule has 0 aliphatic heterocycles. The monoisotopic (exact) mass is 378 g/mol. The molecule has 1 amide bonds. The quantitative estimate of drug-likeness (QED) is 0.645. The van der Waals surface area contributed by atoms with E-state index >= 15 is 0 Å². The molecule has 1 aromatic carbocycles. The Hall–Kier alpha value is -1.45. The Balaban J connectivity index is 2.97. The first-order valence-electron chi connectivity index (χ1n) is 5.93. The third kappa shape index (κ3) is 5.10. The molecule has 1 aromatic rings. The number of sulfonamides is 1. The number of aliphatic carboxylic acids is 1. The van der Waals surface area contributed by atoms with Gasteiger partial charge in [-0.05, 0) is 37.1 Å². The fourth-order valence-corrected chi connectivity index (χ4v) is 3.11. The van der Waals surface area contributed by atoms with Crippen molar-refractivity contribution in [3.63, 3.8) is 0 Å². The molecule has 0 fully saturated rings. The van der Waals surface area contributed by atoms with Crippen molar-refractivity contribution in [1.82, 2.24) is 4.72 Å². The smallest absolute Gasteiger partial charge is 0.321 e. The molecular weight excluding hydrogens is 364 g/mol. The number of carboxylic acid groups (broad SMARTS) is 1. The van der Waals surface area contributed by atoms with Gasteiger partial charge in [0.2, 0.25) is 15.9 Å². The van der Waals surface area contributed by atoms with Crippen LogP contribution >= 0.6 is 15.9 Å². The van der Waals surface area contributed by atoms with Crippen LogP contribution in [-0.4, -0.2) is 31.4 Å². The number of halogens is 1. The number of aryl methyl sites for hydroxylation is 1. The molecule has 0 spiro atoms. The van der Waals surface area contributed by atoms with E-state index in [1.807, 2.05) is 0 Å². The second-order valence-electron chi connectivity index (χ2n) is 4.43. The molecule has 1 atom stereocenters. The molecule has 21 heavy (non-hydrogen) atoms. The largest absolute Gasteiger partial charge is 0.480 e. The van der Waals surface area contributed by atoms with E-state index in [1.54, 1.807) is 13.0 Å². The minimum atomic E-state index is -4.00. The topological polar surface area (TPSA) is 127 Å². The number of rotatable bonds is 7. The Morgan fingerprint density at radius 2 is 2.05 bits per heavy atom. The summed E-state index contributed by atoms with van der Waals surface area (Å²) in [5.41, 5.74) is 5.63. The van der Waals surface area contributed by atoms with E-state index in [0.29, 0.717) is 5.56 Å². The molecule has 0 saturated heterocycles. The summed E-state index contributed by atoms with van der Waals surface area (Å²) in [6, 6.07) is 2.92. The molecule has 0 heterocycles. The van der Waals surface area contributed by atoms with Crippen LogP contribution in [0.25, 0.3) is 0 Å². The summed E-state index contributed by atoms with van der Waals surface area (Å²) in [6.07, 6.45) is -0.432. The molecular formula is C12H15BrN2O5S. The molecule has 0 aliphatic rings. The summed E-state index contributed by atoms with van der Waals surface area (Å²) in [5, 5.41) is 9.01. The SMILES string of the molecule is Cc1cc(S(=O)(=O)NC(CCC(N)=O)C(=O)O)ccc1Br. The van der Waals surface area contributed by atoms with E-state index in [4.69, 9.17) is 10.8 Å². The second kappa shape index (κ2) is 7.01. The van der Waals surface area contributed by atoms with Gasteiger partial charge in [0.05, 0.1) is 4.90 Å². The zero-order chi connectivity index (χ0) is 16.2. The third-order valence-corrected chi connectivity index (χ3v) is 5.07. The highest BCUT2D eigenvalue weighted by Crippen LogP contribution is 2.20. The first-order valence-corrected chi connectivity index (χ1v) is 8.20. The van der Waals surface area contributed by atoms with Crippen molar-refractivity contribution in [2.75, 3.05) is 0 Å². The van der Waals surface area contributed by atoms with Gasteiger partial charge in [-0.15, -0.1) is 0 Å². The van der Waals surface area contributed by atoms with E-state index in [1.165, 1.54) is 12.1 Å². The normalized spacial score (nSPS) is 12.9. The predicted molar refractivity (Wildman–Crippen MR) is 79.1 cm³/mol. The molecule has 1 unspecified atom stereocenters. The minimum Gasteiger partial charge on any atom is -0.480 e. The van der Waals surface area contributed by atoms with E-state index in [9.17, 15) is 18.0 Å². The van der Waals surface area contributed by atoms with Crippen molar-refractivity contribution in [2.24, 2.45) is 5.73 Å². The van der Waals surface area contributed by atoms with Crippen LogP contribution in [0.2, 0.25) is 0 Å². The van der Waals surface area contributed by atoms with Crippen LogP contribution in [0.1, 0.15) is 18.4 Å². The van der Waals surface area contributed by atoms with E-state index in [2.05, 4.69) is 20.7 Å². The predicted octanol–water partition coefficient (Wildman–Crippen LogP) is 0.755. The Kier molecular flexibility index (Phi) is 5.87. The molecule has 7 nitrogen and oxygen atoms in total. The lowest BCUT2D eigenvalue weighted by atomic mass is 10.2. The second-order valence-corrected chi connectivity index (χ2v) is 7.00. The Bertz CT molecular complexity index is 660. The van der Waals surface area contributed by atoms with Gasteiger partial charge in [0.25, 0.3) is 0 Å². The first-order chi connectivity index (χ1) is 9.63. The molecule has 0 bridgehead atoms. The lowest BCUT2D eigenvalue weighted by Gasteiger charge is -2.14. The summed E-state index contributed by atoms with van der Waals surface area (Å²) >= 11 is 3.25. The molecule has 9 heteroatoms. The van der Waals surface area contributed by atoms with Gasteiger partial charge < -0.3 is 10.8 Å². The van der Waals surface area contributed by atoms with Crippen LogP contribution in [0.5, 0.6) is 0 Å². The van der Waals surface area contributed by atoms with Crippen LogP contribution in [-0.2, 0) is 19.6 Å². The van der Waals surface area contributed by atoms with Crippen LogP contribution in [0, 0.1) is 6.92 Å². The molecule has 0 aromatic heterocycles. The van der Waals surface area contributed by atoms with Gasteiger partial charge in [0.1, 0.15) is 6.04 Å². The number of hydrogen-bond acceptors (Lipinski definition) is 4. The number of carboxylic acids is 1. The highest BCUT2D eigenvalue weighted by molar-refractivity contribution is 9.10. The van der Waals surface area contributed by atoms with E-state index in [-0.39, 0.29) is 17.7 Å². The van der Waals surface area contributed by atoms with Crippen molar-refractivity contribution in [1.29, 1.82) is 0 Å². The first kappa shape index (κ1) is 17.6. The van der Waals surface area contributed by atoms with Crippen molar-refractivity contribution >= 4 is 37.8 Å². The summed E-state index contributed by atoms with van der Waals surface area (Å²) in [7, 11) is -4.00. The lowest BCUT2D eigenvalue weighted by molar-refractivity contribution is -0.139. The van der Waals surface area contributed by atoms with Gasteiger partial charge in [-0.25, -0.2) is 8.42 Å². The zero-order valence-corrected chi connectivity index (χ0v) is 13.6. The van der Waals surface area contributed by atoms with Crippen molar-refractivity contribution in [2.45, 2.75) is 30.7 Å². The third-order valence-electron chi connectivity index (χ3n) is 2.71. The van der Waals surface area contributed by atoms with Crippen LogP contribution in [0.3, 0.4) is 0 Å². The maximum Gasteiger partial charge on any atom is 0.321 e. The standard InChI is InChI=1S/C12H15BrN2O5S/c1-7-6-8(2-3-9(7)13)21(19,20)15-10(12(17)18)4-5-11(14)16/h2-3,6,10,15H,4-5H2,1H3,(H2,14,16)(H,17,18). The maximum atomic E-state index is 12.1. The number of carbonyl (C=O) groups is 2. The van der Waals surface area contributed by atoms with Crippen LogP contribution in [0.15, 0.2) is 27.6 Å². The summed E-state index contributed by atoms with van der Waals surface area (Å²) < 4.78 is 27.1. The number of hydrogen-bond donors (Lipinski definition) is 3. The van der Waals surface area contributed by atoms with Gasteiger partial charge in [-0.1, -0.05) is 15.9 Å². The fourth-order valence-electron chi connectivity index (χ4n) is 1.56. The summed E-state index contributed by atoms with van der Waals surface area (Å²) in [6.45, 7) is 1.71. The van der Waals surface area contributed by atoms with Crippen LogP contribution < -0.4 is 10.5 Å². The maximum absolute atomic E-state index is 12.1. The fraction of sp³-hybridized carbons (Fsp3) is 0.333. The van der Waals surface area contributed by atoms with Crippen molar-refractivity contribution in [3.05, 3.63) is 28.2 Å². The number of carbonyl (C=O) groups excluding carboxylic acids is 1. The number of nitrogens with two attached hydrogens (primary N) is 1. The lowest BCUT2D eigenvalue weighted by Crippen LogP contribution is -2.41. The Morgan fingerprint density at radius 1 is 1.43 bits per heavy atom. The molecule has 0 radical (unpaired) electrons. The molecule has 0 aliphatic carbocycles. The minimum absolute atomic E-state index is 0.0477. The molecule has 116 valence electrons. The summed E-state index contributed by atoms with van der Waals surface area (Å²) in [5.74, 6) is -2.06. The van der Waals surface area contributed by atoms with Crippen LogP contribution in [0.4, 0.5) is 0 Å². The van der Waals surface area contributed by atoms with Gasteiger partial charge in [-0.2, -0.15) is 4.72 Å². The van der Waals surface area contributed by atoms with E-state index < -0.39 is 27.9 Å². The number of benzene rings is 1. The van der Waals surface area contributed by atoms with Gasteiger partial charge >= 0.3 is 5.97 Å². The van der Waals surface area contributed by atoms with Gasteiger partial charge in [0.15, 0.2) is 0 Å². The zero-order valence-electron chi connectivity index (χ0n) is 11.2. The molecule has 1 rings (SSSR count). The number of amides is 1. The average Bonchev–Trinajstić information content (AvgIpc) is 2.37. The van der Waals surface area contributed by atoms with Crippen molar-refractivity contribution < 1.29 is 23.1 Å². The Morgan fingerprint density at radius 3 is 2.52 bits per heavy atom. The van der Waals surface area contributed by atoms with Crippen molar-refractivity contribution in [3.8, 4) is 0 Å². The van der Waals surface area contributed by atoms with E-state index in [0.717, 1.165) is 4.47 Å². The average molecular weight is 379 g/mol. The highest BCUT2D eigenvalue weighted by atomic mass is 79.9. The number of primary amides is 1. The molecule has 0 saturated carbocycles. The highest BCUT2D eigenvalue weighted by Gasteiger charge is 2.25. The Labute approximate surface area is 130 Å². The van der Waals surface area contributed by atoms with Gasteiger partial charge in [-0.3, -0.25) is 9.59 Å². The number of nitrogens with one attached hydrogen (secondary N) is 1. The van der Waals surface area contributed by atoms with Gasteiger partial charge in [0, 0.05) is 10.9 Å².